The molecule has 1 spiro atoms. The lowest BCUT2D eigenvalue weighted by Crippen LogP contribution is -2.52. The Morgan fingerprint density at radius 1 is 1.08 bits per heavy atom. The first-order chi connectivity index (χ1) is 5.41. The Bertz CT molecular complexity index is 176. The van der Waals surface area contributed by atoms with Crippen LogP contribution in [0, 0.1) is 16.7 Å². The third-order valence-corrected chi connectivity index (χ3v) is 3.92. The Labute approximate surface area is 75.2 Å². The SMILES string of the molecule is CC(C)(C)C1CC2(CC(O)C2)C1. The molecule has 0 unspecified atom stereocenters. The highest BCUT2D eigenvalue weighted by Gasteiger charge is 2.54. The monoisotopic (exact) mass is 168 g/mol. The smallest absolute Gasteiger partial charge is 0.0550 e. The maximum atomic E-state index is 9.24. The third-order valence-electron chi connectivity index (χ3n) is 3.92. The summed E-state index contributed by atoms with van der Waals surface area (Å²) in [6.07, 6.45) is 4.94. The van der Waals surface area contributed by atoms with Crippen LogP contribution in [0.5, 0.6) is 0 Å². The number of aliphatic hydroxyl groups is 1. The van der Waals surface area contributed by atoms with Gasteiger partial charge in [0.1, 0.15) is 0 Å². The summed E-state index contributed by atoms with van der Waals surface area (Å²) in [6, 6.07) is 0. The Balaban J connectivity index is 1.85. The van der Waals surface area contributed by atoms with Crippen molar-refractivity contribution in [3.8, 4) is 0 Å². The zero-order valence-corrected chi connectivity index (χ0v) is 8.43. The maximum Gasteiger partial charge on any atom is 0.0550 e. The van der Waals surface area contributed by atoms with Gasteiger partial charge in [0.05, 0.1) is 6.10 Å². The second-order valence-corrected chi connectivity index (χ2v) is 6.03. The molecule has 0 atom stereocenters. The lowest BCUT2D eigenvalue weighted by molar-refractivity contribution is -0.135. The van der Waals surface area contributed by atoms with Gasteiger partial charge in [-0.15, -0.1) is 0 Å². The van der Waals surface area contributed by atoms with E-state index in [0.29, 0.717) is 10.8 Å². The van der Waals surface area contributed by atoms with Crippen LogP contribution in [0.3, 0.4) is 0 Å². The molecule has 0 radical (unpaired) electrons. The molecule has 2 aliphatic carbocycles. The fraction of sp³-hybridized carbons (Fsp3) is 1.00. The Morgan fingerprint density at radius 2 is 1.58 bits per heavy atom. The van der Waals surface area contributed by atoms with Crippen molar-refractivity contribution in [1.82, 2.24) is 0 Å². The van der Waals surface area contributed by atoms with Crippen molar-refractivity contribution in [2.45, 2.75) is 52.6 Å². The zero-order valence-electron chi connectivity index (χ0n) is 8.43. The molecule has 2 aliphatic rings. The van der Waals surface area contributed by atoms with Crippen molar-refractivity contribution in [3.63, 3.8) is 0 Å². The van der Waals surface area contributed by atoms with E-state index < -0.39 is 0 Å². The van der Waals surface area contributed by atoms with Crippen molar-refractivity contribution in [2.24, 2.45) is 16.7 Å². The average molecular weight is 168 g/mol. The minimum absolute atomic E-state index is 0.0333. The molecule has 2 rings (SSSR count). The molecule has 12 heavy (non-hydrogen) atoms. The maximum absolute atomic E-state index is 9.24. The molecule has 1 N–H and O–H groups in total. The van der Waals surface area contributed by atoms with Gasteiger partial charge in [0, 0.05) is 0 Å². The Hall–Kier alpha value is -0.0400. The number of aliphatic hydroxyl groups excluding tert-OH is 1. The van der Waals surface area contributed by atoms with E-state index in [1.165, 1.54) is 12.8 Å². The van der Waals surface area contributed by atoms with Crippen LogP contribution in [-0.2, 0) is 0 Å². The minimum atomic E-state index is 0.0333. The van der Waals surface area contributed by atoms with E-state index in [2.05, 4.69) is 20.8 Å². The molecule has 0 bridgehead atoms. The van der Waals surface area contributed by atoms with Crippen LogP contribution in [-0.4, -0.2) is 11.2 Å². The van der Waals surface area contributed by atoms with Crippen LogP contribution in [0.15, 0.2) is 0 Å². The molecule has 0 saturated heterocycles. The molecule has 0 amide bonds. The summed E-state index contributed by atoms with van der Waals surface area (Å²) in [5.74, 6) is 0.907. The van der Waals surface area contributed by atoms with Crippen molar-refractivity contribution in [2.75, 3.05) is 0 Å². The van der Waals surface area contributed by atoms with Crippen LogP contribution >= 0.6 is 0 Å². The van der Waals surface area contributed by atoms with Gasteiger partial charge in [0.15, 0.2) is 0 Å². The molecule has 1 heteroatoms. The largest absolute Gasteiger partial charge is 0.393 e. The fourth-order valence-corrected chi connectivity index (χ4v) is 2.87. The summed E-state index contributed by atoms with van der Waals surface area (Å²) >= 11 is 0. The van der Waals surface area contributed by atoms with Crippen LogP contribution < -0.4 is 0 Å². The lowest BCUT2D eigenvalue weighted by atomic mass is 9.46. The van der Waals surface area contributed by atoms with E-state index in [9.17, 15) is 5.11 Å². The number of hydrogen-bond acceptors (Lipinski definition) is 1. The topological polar surface area (TPSA) is 20.2 Å². The summed E-state index contributed by atoms with van der Waals surface area (Å²) in [4.78, 5) is 0. The number of hydrogen-bond donors (Lipinski definition) is 1. The van der Waals surface area contributed by atoms with Crippen LogP contribution in [0.25, 0.3) is 0 Å². The molecule has 0 aromatic rings. The third kappa shape index (κ3) is 1.19. The van der Waals surface area contributed by atoms with Crippen molar-refractivity contribution >= 4 is 0 Å². The van der Waals surface area contributed by atoms with Crippen LogP contribution in [0.4, 0.5) is 0 Å². The van der Waals surface area contributed by atoms with E-state index in [0.717, 1.165) is 18.8 Å². The molecule has 0 aromatic heterocycles. The normalized spacial score (nSPS) is 47.0. The molecule has 0 aliphatic heterocycles. The number of rotatable bonds is 0. The highest BCUT2D eigenvalue weighted by molar-refractivity contribution is 5.05. The molecule has 2 saturated carbocycles. The van der Waals surface area contributed by atoms with Gasteiger partial charge in [-0.3, -0.25) is 0 Å². The first-order valence-corrected chi connectivity index (χ1v) is 5.09. The van der Waals surface area contributed by atoms with Gasteiger partial charge in [-0.25, -0.2) is 0 Å². The first kappa shape index (κ1) is 8.55. The fourth-order valence-electron chi connectivity index (χ4n) is 2.87. The van der Waals surface area contributed by atoms with Crippen LogP contribution in [0.2, 0.25) is 0 Å². The highest BCUT2D eigenvalue weighted by Crippen LogP contribution is 2.62. The highest BCUT2D eigenvalue weighted by atomic mass is 16.3. The predicted octanol–water partition coefficient (Wildman–Crippen LogP) is 2.58. The van der Waals surface area contributed by atoms with Gasteiger partial charge in [-0.2, -0.15) is 0 Å². The molecular weight excluding hydrogens is 148 g/mol. The van der Waals surface area contributed by atoms with Crippen molar-refractivity contribution in [3.05, 3.63) is 0 Å². The summed E-state index contributed by atoms with van der Waals surface area (Å²) < 4.78 is 0. The van der Waals surface area contributed by atoms with Gasteiger partial charge in [0.25, 0.3) is 0 Å². The molecule has 0 aromatic carbocycles. The van der Waals surface area contributed by atoms with Crippen molar-refractivity contribution < 1.29 is 5.11 Å². The lowest BCUT2D eigenvalue weighted by Gasteiger charge is -2.59. The van der Waals surface area contributed by atoms with Gasteiger partial charge < -0.3 is 5.11 Å². The van der Waals surface area contributed by atoms with Gasteiger partial charge >= 0.3 is 0 Å². The molecule has 1 nitrogen and oxygen atoms in total. The average Bonchev–Trinajstić information content (AvgIpc) is 1.71. The molecular formula is C11H20O. The Morgan fingerprint density at radius 3 is 1.92 bits per heavy atom. The van der Waals surface area contributed by atoms with Crippen LogP contribution in [0.1, 0.15) is 46.5 Å². The quantitative estimate of drug-likeness (QED) is 0.589. The van der Waals surface area contributed by atoms with Gasteiger partial charge in [-0.05, 0) is 42.4 Å². The van der Waals surface area contributed by atoms with Crippen molar-refractivity contribution in [1.29, 1.82) is 0 Å². The molecule has 70 valence electrons. The molecule has 2 fully saturated rings. The van der Waals surface area contributed by atoms with E-state index in [1.54, 1.807) is 0 Å². The summed E-state index contributed by atoms with van der Waals surface area (Å²) in [7, 11) is 0. The predicted molar refractivity (Wildman–Crippen MR) is 49.9 cm³/mol. The summed E-state index contributed by atoms with van der Waals surface area (Å²) in [5, 5.41) is 9.24. The van der Waals surface area contributed by atoms with E-state index in [4.69, 9.17) is 0 Å². The molecule has 0 heterocycles. The van der Waals surface area contributed by atoms with Gasteiger partial charge in [0.2, 0.25) is 0 Å². The standard InChI is InChI=1S/C11H20O/c1-10(2,3)8-4-11(5-8)6-9(12)7-11/h8-9,12H,4-7H2,1-3H3. The minimum Gasteiger partial charge on any atom is -0.393 e. The summed E-state index contributed by atoms with van der Waals surface area (Å²) in [5.41, 5.74) is 1.09. The first-order valence-electron chi connectivity index (χ1n) is 5.09. The van der Waals surface area contributed by atoms with E-state index >= 15 is 0 Å². The Kier molecular flexibility index (Phi) is 1.61. The second kappa shape index (κ2) is 2.25. The summed E-state index contributed by atoms with van der Waals surface area (Å²) in [6.45, 7) is 7.00. The van der Waals surface area contributed by atoms with E-state index in [-0.39, 0.29) is 6.10 Å². The van der Waals surface area contributed by atoms with E-state index in [1.807, 2.05) is 0 Å². The second-order valence-electron chi connectivity index (χ2n) is 6.03. The zero-order chi connectivity index (χ0) is 8.98. The van der Waals surface area contributed by atoms with Gasteiger partial charge in [-0.1, -0.05) is 20.8 Å².